The molecule has 1 aliphatic rings. The maximum atomic E-state index is 13.2. The summed E-state index contributed by atoms with van der Waals surface area (Å²) in [5, 5.41) is 2.76. The summed E-state index contributed by atoms with van der Waals surface area (Å²) in [4.78, 5) is 38.8. The number of anilines is 1. The standard InChI is InChI=1S/C27H29F3N2O6/c1-15(24(33)38-20-13-9-8-12-19(20)27(28,29)30)10-6-7-11-17-22(31-26(35)32(3)4)21-18(14-37-25(21)34)16(2)23(17)36-5/h6-9,12-13,15H,10-11,14H2,1-5H3,(H,31,35)/b7-6+. The van der Waals surface area contributed by atoms with Crippen molar-refractivity contribution >= 4 is 23.7 Å². The van der Waals surface area contributed by atoms with E-state index in [9.17, 15) is 27.6 Å². The predicted octanol–water partition coefficient (Wildman–Crippen LogP) is 5.52. The van der Waals surface area contributed by atoms with Crippen molar-refractivity contribution < 1.29 is 41.8 Å². The monoisotopic (exact) mass is 534 g/mol. The van der Waals surface area contributed by atoms with E-state index in [1.54, 1.807) is 40.1 Å². The van der Waals surface area contributed by atoms with E-state index < -0.39 is 41.4 Å². The molecule has 0 fully saturated rings. The minimum atomic E-state index is -4.65. The lowest BCUT2D eigenvalue weighted by atomic mass is 9.93. The van der Waals surface area contributed by atoms with E-state index in [0.29, 0.717) is 22.4 Å². The van der Waals surface area contributed by atoms with Gasteiger partial charge in [-0.1, -0.05) is 31.2 Å². The number of alkyl halides is 3. The number of para-hydroxylation sites is 1. The number of allylic oxidation sites excluding steroid dienone is 2. The SMILES string of the molecule is COc1c(C)c2c(c(NC(=O)N(C)C)c1C/C=C/CC(C)C(=O)Oc1ccccc1C(F)(F)F)C(=O)OC2. The Morgan fingerprint density at radius 1 is 1.21 bits per heavy atom. The normalized spacial score (nSPS) is 13.6. The first-order valence-corrected chi connectivity index (χ1v) is 11.8. The number of hydrogen-bond donors (Lipinski definition) is 1. The molecule has 2 amide bonds. The number of amides is 2. The lowest BCUT2D eigenvalue weighted by Crippen LogP contribution is -2.29. The zero-order valence-electron chi connectivity index (χ0n) is 21.7. The summed E-state index contributed by atoms with van der Waals surface area (Å²) in [5.41, 5.74) is 1.40. The fraction of sp³-hybridized carbons (Fsp3) is 0.370. The van der Waals surface area contributed by atoms with Crippen LogP contribution in [0.4, 0.5) is 23.7 Å². The number of carbonyl (C=O) groups is 3. The number of esters is 2. The fourth-order valence-electron chi connectivity index (χ4n) is 4.01. The van der Waals surface area contributed by atoms with Crippen LogP contribution < -0.4 is 14.8 Å². The number of methoxy groups -OCH3 is 1. The Balaban J connectivity index is 1.80. The molecule has 2 aromatic rings. The van der Waals surface area contributed by atoms with E-state index in [-0.39, 0.29) is 30.7 Å². The van der Waals surface area contributed by atoms with Gasteiger partial charge in [-0.15, -0.1) is 0 Å². The van der Waals surface area contributed by atoms with Crippen LogP contribution in [-0.4, -0.2) is 44.1 Å². The molecule has 0 aliphatic carbocycles. The number of benzene rings is 2. The third-order valence-electron chi connectivity index (χ3n) is 6.10. The van der Waals surface area contributed by atoms with Gasteiger partial charge < -0.3 is 24.4 Å². The van der Waals surface area contributed by atoms with Gasteiger partial charge in [-0.05, 0) is 37.5 Å². The minimum Gasteiger partial charge on any atom is -0.496 e. The first-order chi connectivity index (χ1) is 17.9. The van der Waals surface area contributed by atoms with Gasteiger partial charge in [-0.3, -0.25) is 4.79 Å². The van der Waals surface area contributed by atoms with E-state index in [1.807, 2.05) is 0 Å². The molecule has 2 aromatic carbocycles. The highest BCUT2D eigenvalue weighted by Crippen LogP contribution is 2.41. The number of halogens is 3. The van der Waals surface area contributed by atoms with Crippen molar-refractivity contribution in [3.63, 3.8) is 0 Å². The molecule has 0 aromatic heterocycles. The van der Waals surface area contributed by atoms with Crippen molar-refractivity contribution in [2.24, 2.45) is 5.92 Å². The minimum absolute atomic E-state index is 0.0639. The van der Waals surface area contributed by atoms with Crippen molar-refractivity contribution in [3.8, 4) is 11.5 Å². The van der Waals surface area contributed by atoms with Crippen LogP contribution in [0.3, 0.4) is 0 Å². The van der Waals surface area contributed by atoms with E-state index in [0.717, 1.165) is 12.1 Å². The Kier molecular flexibility index (Phi) is 8.70. The molecule has 1 heterocycles. The summed E-state index contributed by atoms with van der Waals surface area (Å²) in [7, 11) is 4.60. The van der Waals surface area contributed by atoms with Gasteiger partial charge >= 0.3 is 24.1 Å². The second kappa shape index (κ2) is 11.6. The highest BCUT2D eigenvalue weighted by molar-refractivity contribution is 6.05. The van der Waals surface area contributed by atoms with Crippen LogP contribution >= 0.6 is 0 Å². The number of rotatable bonds is 8. The molecule has 0 saturated heterocycles. The van der Waals surface area contributed by atoms with Gasteiger partial charge in [0.1, 0.15) is 18.1 Å². The van der Waals surface area contributed by atoms with Crippen molar-refractivity contribution in [1.29, 1.82) is 0 Å². The molecule has 0 bridgehead atoms. The van der Waals surface area contributed by atoms with Crippen LogP contribution in [0.1, 0.15) is 46.0 Å². The predicted molar refractivity (Wildman–Crippen MR) is 133 cm³/mol. The molecule has 0 spiro atoms. The number of nitrogens with one attached hydrogen (secondary N) is 1. The van der Waals surface area contributed by atoms with E-state index in [2.05, 4.69) is 5.32 Å². The number of fused-ring (bicyclic) bond motifs is 1. The molecule has 1 atom stereocenters. The van der Waals surface area contributed by atoms with Crippen molar-refractivity contribution in [1.82, 2.24) is 4.90 Å². The average molecular weight is 535 g/mol. The maximum absolute atomic E-state index is 13.2. The molecule has 204 valence electrons. The first-order valence-electron chi connectivity index (χ1n) is 11.8. The summed E-state index contributed by atoms with van der Waals surface area (Å²) in [6, 6.07) is 4.08. The molecule has 1 unspecified atom stereocenters. The summed E-state index contributed by atoms with van der Waals surface area (Å²) >= 11 is 0. The largest absolute Gasteiger partial charge is 0.496 e. The Labute approximate surface area is 218 Å². The zero-order valence-corrected chi connectivity index (χ0v) is 21.7. The van der Waals surface area contributed by atoms with Gasteiger partial charge in [0.15, 0.2) is 0 Å². The van der Waals surface area contributed by atoms with E-state index >= 15 is 0 Å². The number of nitrogens with zero attached hydrogens (tertiary/aromatic N) is 1. The fourth-order valence-corrected chi connectivity index (χ4v) is 4.01. The van der Waals surface area contributed by atoms with Crippen molar-refractivity contribution in [2.75, 3.05) is 26.5 Å². The topological polar surface area (TPSA) is 94.2 Å². The van der Waals surface area contributed by atoms with Crippen molar-refractivity contribution in [3.05, 3.63) is 64.2 Å². The van der Waals surface area contributed by atoms with Crippen LogP contribution in [0.5, 0.6) is 11.5 Å². The molecule has 11 heteroatoms. The highest BCUT2D eigenvalue weighted by Gasteiger charge is 2.35. The van der Waals surface area contributed by atoms with E-state index in [1.165, 1.54) is 24.1 Å². The summed E-state index contributed by atoms with van der Waals surface area (Å²) in [6.07, 6.45) is -0.839. The summed E-state index contributed by atoms with van der Waals surface area (Å²) < 4.78 is 55.4. The Bertz CT molecular complexity index is 1270. The summed E-state index contributed by atoms with van der Waals surface area (Å²) in [5.74, 6) is -2.16. The third kappa shape index (κ3) is 6.09. The number of cyclic esters (lactones) is 1. The summed E-state index contributed by atoms with van der Waals surface area (Å²) in [6.45, 7) is 3.40. The van der Waals surface area contributed by atoms with Gasteiger partial charge in [0.25, 0.3) is 0 Å². The molecule has 0 saturated carbocycles. The average Bonchev–Trinajstić information content (AvgIpc) is 3.24. The zero-order chi connectivity index (χ0) is 28.2. The van der Waals surface area contributed by atoms with Gasteiger partial charge in [0, 0.05) is 25.2 Å². The van der Waals surface area contributed by atoms with Crippen LogP contribution in [0.15, 0.2) is 36.4 Å². The lowest BCUT2D eigenvalue weighted by molar-refractivity contribution is -0.144. The molecular weight excluding hydrogens is 505 g/mol. The Hall–Kier alpha value is -4.02. The highest BCUT2D eigenvalue weighted by atomic mass is 19.4. The molecular formula is C27H29F3N2O6. The van der Waals surface area contributed by atoms with E-state index in [4.69, 9.17) is 14.2 Å². The number of urea groups is 1. The second-order valence-corrected chi connectivity index (χ2v) is 8.99. The Morgan fingerprint density at radius 2 is 1.89 bits per heavy atom. The maximum Gasteiger partial charge on any atom is 0.419 e. The van der Waals surface area contributed by atoms with Gasteiger partial charge in [0.2, 0.25) is 0 Å². The van der Waals surface area contributed by atoms with Gasteiger partial charge in [-0.25, -0.2) is 9.59 Å². The first kappa shape index (κ1) is 28.5. The van der Waals surface area contributed by atoms with Crippen molar-refractivity contribution in [2.45, 2.75) is 39.5 Å². The second-order valence-electron chi connectivity index (χ2n) is 8.99. The molecule has 1 aliphatic heterocycles. The van der Waals surface area contributed by atoms with Crippen LogP contribution in [0, 0.1) is 12.8 Å². The van der Waals surface area contributed by atoms with Crippen LogP contribution in [-0.2, 0) is 28.7 Å². The molecule has 8 nitrogen and oxygen atoms in total. The number of carbonyl (C=O) groups excluding carboxylic acids is 3. The van der Waals surface area contributed by atoms with Crippen LogP contribution in [0.25, 0.3) is 0 Å². The van der Waals surface area contributed by atoms with Crippen LogP contribution in [0.2, 0.25) is 0 Å². The van der Waals surface area contributed by atoms with Gasteiger partial charge in [-0.2, -0.15) is 13.2 Å². The van der Waals surface area contributed by atoms with Gasteiger partial charge in [0.05, 0.1) is 29.8 Å². The quantitative estimate of drug-likeness (QED) is 0.273. The molecule has 3 rings (SSSR count). The lowest BCUT2D eigenvalue weighted by Gasteiger charge is -2.21. The number of ether oxygens (including phenoxy) is 3. The molecule has 1 N–H and O–H groups in total. The molecule has 38 heavy (non-hydrogen) atoms. The molecule has 0 radical (unpaired) electrons. The Morgan fingerprint density at radius 3 is 2.53 bits per heavy atom. The third-order valence-corrected chi connectivity index (χ3v) is 6.10. The number of hydrogen-bond acceptors (Lipinski definition) is 6. The smallest absolute Gasteiger partial charge is 0.419 e.